The summed E-state index contributed by atoms with van der Waals surface area (Å²) in [4.78, 5) is 2.10. The molecule has 2 aromatic rings. The second-order valence-corrected chi connectivity index (χ2v) is 5.12. The maximum Gasteiger partial charge on any atom is 0.205 e. The first-order valence-corrected chi connectivity index (χ1v) is 7.31. The molecule has 1 aromatic carbocycles. The molecule has 0 aliphatic carbocycles. The van der Waals surface area contributed by atoms with E-state index in [9.17, 15) is 0 Å². The average Bonchev–Trinajstić information content (AvgIpc) is 2.52. The summed E-state index contributed by atoms with van der Waals surface area (Å²) in [5, 5.41) is 0. The van der Waals surface area contributed by atoms with Crippen molar-refractivity contribution in [2.24, 2.45) is 0 Å². The van der Waals surface area contributed by atoms with E-state index >= 15 is 0 Å². The van der Waals surface area contributed by atoms with E-state index in [-0.39, 0.29) is 0 Å². The van der Waals surface area contributed by atoms with Gasteiger partial charge in [-0.1, -0.05) is 30.4 Å². The molecule has 0 bridgehead atoms. The monoisotopic (exact) mass is 279 g/mol. The maximum atomic E-state index is 2.22. The Bertz CT molecular complexity index is 622. The lowest BCUT2D eigenvalue weighted by Crippen LogP contribution is -2.34. The van der Waals surface area contributed by atoms with E-state index in [0.29, 0.717) is 0 Å². The standard InChI is InChI=1S/C19H23N2/c1-4-21-16-8-7-11-19(21)10-6-5-9-17-12-14-18(15-13-17)20(2)3/h5-16H,4H2,1-3H3/q+1. The van der Waals surface area contributed by atoms with Crippen LogP contribution < -0.4 is 9.47 Å². The fourth-order valence-electron chi connectivity index (χ4n) is 2.13. The summed E-state index contributed by atoms with van der Waals surface area (Å²) in [6.45, 7) is 3.13. The van der Waals surface area contributed by atoms with Gasteiger partial charge in [-0.15, -0.1) is 0 Å². The van der Waals surface area contributed by atoms with E-state index in [1.54, 1.807) is 0 Å². The van der Waals surface area contributed by atoms with Gasteiger partial charge in [0.1, 0.15) is 6.54 Å². The van der Waals surface area contributed by atoms with Crippen LogP contribution in [0.5, 0.6) is 0 Å². The van der Waals surface area contributed by atoms with E-state index < -0.39 is 0 Å². The van der Waals surface area contributed by atoms with Crippen molar-refractivity contribution >= 4 is 17.8 Å². The molecule has 0 fully saturated rings. The topological polar surface area (TPSA) is 7.12 Å². The minimum atomic E-state index is 0.982. The molecule has 0 unspecified atom stereocenters. The van der Waals surface area contributed by atoms with Crippen LogP contribution in [0.4, 0.5) is 5.69 Å². The van der Waals surface area contributed by atoms with E-state index in [4.69, 9.17) is 0 Å². The van der Waals surface area contributed by atoms with Gasteiger partial charge in [0.2, 0.25) is 5.69 Å². The molecule has 0 saturated carbocycles. The quantitative estimate of drug-likeness (QED) is 0.596. The molecular weight excluding hydrogens is 256 g/mol. The molecule has 2 heteroatoms. The first kappa shape index (κ1) is 15.0. The maximum absolute atomic E-state index is 2.22. The second kappa shape index (κ2) is 7.44. The van der Waals surface area contributed by atoms with Crippen LogP contribution in [0.1, 0.15) is 18.2 Å². The molecule has 0 aliphatic heterocycles. The van der Waals surface area contributed by atoms with Crippen molar-refractivity contribution in [2.75, 3.05) is 19.0 Å². The Kier molecular flexibility index (Phi) is 5.33. The Hall–Kier alpha value is -2.35. The number of benzene rings is 1. The number of anilines is 1. The molecule has 0 spiro atoms. The molecule has 108 valence electrons. The molecule has 0 aliphatic rings. The van der Waals surface area contributed by atoms with Crippen LogP contribution in [0.2, 0.25) is 0 Å². The fraction of sp³-hybridized carbons (Fsp3) is 0.211. The van der Waals surface area contributed by atoms with Gasteiger partial charge in [-0.05, 0) is 30.7 Å². The average molecular weight is 279 g/mol. The van der Waals surface area contributed by atoms with Crippen LogP contribution in [-0.4, -0.2) is 14.1 Å². The van der Waals surface area contributed by atoms with Gasteiger partial charge in [0, 0.05) is 38.0 Å². The van der Waals surface area contributed by atoms with E-state index in [0.717, 1.165) is 6.54 Å². The Morgan fingerprint density at radius 1 is 0.952 bits per heavy atom. The molecule has 0 atom stereocenters. The molecule has 2 rings (SSSR count). The minimum absolute atomic E-state index is 0.982. The Morgan fingerprint density at radius 2 is 1.67 bits per heavy atom. The number of allylic oxidation sites excluding steroid dienone is 2. The minimum Gasteiger partial charge on any atom is -0.378 e. The number of aryl methyl sites for hydroxylation is 1. The molecule has 0 N–H and O–H groups in total. The summed E-state index contributed by atoms with van der Waals surface area (Å²) in [6.07, 6.45) is 10.5. The summed E-state index contributed by atoms with van der Waals surface area (Å²) >= 11 is 0. The zero-order valence-corrected chi connectivity index (χ0v) is 13.0. The van der Waals surface area contributed by atoms with Gasteiger partial charge in [0.25, 0.3) is 0 Å². The summed E-state index contributed by atoms with van der Waals surface area (Å²) < 4.78 is 2.22. The van der Waals surface area contributed by atoms with Crippen molar-refractivity contribution in [3.8, 4) is 0 Å². The number of pyridine rings is 1. The third-order valence-electron chi connectivity index (χ3n) is 3.39. The highest BCUT2D eigenvalue weighted by Crippen LogP contribution is 2.13. The van der Waals surface area contributed by atoms with Gasteiger partial charge in [0.05, 0.1) is 0 Å². The van der Waals surface area contributed by atoms with Crippen molar-refractivity contribution in [2.45, 2.75) is 13.5 Å². The van der Waals surface area contributed by atoms with Crippen molar-refractivity contribution in [3.05, 3.63) is 72.1 Å². The summed E-state index contributed by atoms with van der Waals surface area (Å²) in [7, 11) is 4.10. The van der Waals surface area contributed by atoms with Gasteiger partial charge in [0.15, 0.2) is 6.20 Å². The lowest BCUT2D eigenvalue weighted by atomic mass is 10.2. The molecule has 0 saturated heterocycles. The highest BCUT2D eigenvalue weighted by Gasteiger charge is 2.01. The second-order valence-electron chi connectivity index (χ2n) is 5.12. The lowest BCUT2D eigenvalue weighted by Gasteiger charge is -2.11. The van der Waals surface area contributed by atoms with Gasteiger partial charge >= 0.3 is 0 Å². The number of aromatic nitrogens is 1. The van der Waals surface area contributed by atoms with Crippen molar-refractivity contribution in [1.29, 1.82) is 0 Å². The molecule has 1 heterocycles. The molecule has 21 heavy (non-hydrogen) atoms. The Labute approximate surface area is 127 Å². The van der Waals surface area contributed by atoms with Crippen LogP contribution in [0, 0.1) is 0 Å². The molecule has 2 nitrogen and oxygen atoms in total. The zero-order chi connectivity index (χ0) is 15.1. The van der Waals surface area contributed by atoms with E-state index in [1.807, 2.05) is 0 Å². The third kappa shape index (κ3) is 4.32. The highest BCUT2D eigenvalue weighted by atomic mass is 15.1. The SMILES string of the molecule is CC[n+]1ccccc1C=CC=Cc1ccc(N(C)C)cc1. The number of hydrogen-bond acceptors (Lipinski definition) is 1. The van der Waals surface area contributed by atoms with Crippen LogP contribution in [-0.2, 0) is 6.54 Å². The first-order valence-electron chi connectivity index (χ1n) is 7.31. The number of nitrogens with zero attached hydrogens (tertiary/aromatic N) is 2. The zero-order valence-electron chi connectivity index (χ0n) is 13.0. The van der Waals surface area contributed by atoms with Gasteiger partial charge in [-0.2, -0.15) is 4.57 Å². The van der Waals surface area contributed by atoms with Crippen LogP contribution >= 0.6 is 0 Å². The predicted molar refractivity (Wildman–Crippen MR) is 91.1 cm³/mol. The van der Waals surface area contributed by atoms with E-state index in [1.165, 1.54) is 16.9 Å². The van der Waals surface area contributed by atoms with Gasteiger partial charge in [-0.3, -0.25) is 0 Å². The lowest BCUT2D eigenvalue weighted by molar-refractivity contribution is -0.695. The predicted octanol–water partition coefficient (Wildman–Crippen LogP) is 3.79. The van der Waals surface area contributed by atoms with Crippen LogP contribution in [0.25, 0.3) is 12.2 Å². The molecule has 0 amide bonds. The summed E-state index contributed by atoms with van der Waals surface area (Å²) in [6, 6.07) is 14.8. The smallest absolute Gasteiger partial charge is 0.205 e. The molecular formula is C19H23N2+. The van der Waals surface area contributed by atoms with Crippen molar-refractivity contribution in [3.63, 3.8) is 0 Å². The Morgan fingerprint density at radius 3 is 2.33 bits per heavy atom. The van der Waals surface area contributed by atoms with Gasteiger partial charge < -0.3 is 4.90 Å². The normalized spacial score (nSPS) is 11.4. The van der Waals surface area contributed by atoms with Crippen molar-refractivity contribution < 1.29 is 4.57 Å². The van der Waals surface area contributed by atoms with Crippen LogP contribution in [0.3, 0.4) is 0 Å². The van der Waals surface area contributed by atoms with Crippen LogP contribution in [0.15, 0.2) is 60.8 Å². The highest BCUT2D eigenvalue weighted by molar-refractivity contribution is 5.58. The Balaban J connectivity index is 2.03. The van der Waals surface area contributed by atoms with E-state index in [2.05, 4.69) is 103 Å². The number of hydrogen-bond donors (Lipinski definition) is 0. The summed E-state index contributed by atoms with van der Waals surface area (Å²) in [5.74, 6) is 0. The molecule has 0 radical (unpaired) electrons. The fourth-order valence-corrected chi connectivity index (χ4v) is 2.13. The third-order valence-corrected chi connectivity index (χ3v) is 3.39. The molecule has 1 aromatic heterocycles. The number of rotatable bonds is 5. The largest absolute Gasteiger partial charge is 0.378 e. The first-order chi connectivity index (χ1) is 10.2. The van der Waals surface area contributed by atoms with Crippen molar-refractivity contribution in [1.82, 2.24) is 0 Å². The van der Waals surface area contributed by atoms with Gasteiger partial charge in [-0.25, -0.2) is 0 Å². The summed E-state index contributed by atoms with van der Waals surface area (Å²) in [5.41, 5.74) is 3.64.